The minimum atomic E-state index is -5.25. The van der Waals surface area contributed by atoms with Crippen LogP contribution in [0.2, 0.25) is 0 Å². The van der Waals surface area contributed by atoms with Crippen LogP contribution in [0.5, 0.6) is 0 Å². The van der Waals surface area contributed by atoms with E-state index in [1.54, 1.807) is 0 Å². The number of alkyl halides is 3. The van der Waals surface area contributed by atoms with E-state index in [-0.39, 0.29) is 32.0 Å². The molecule has 2 rings (SSSR count). The van der Waals surface area contributed by atoms with Gasteiger partial charge < -0.3 is 10.6 Å². The van der Waals surface area contributed by atoms with Gasteiger partial charge in [0.1, 0.15) is 0 Å². The van der Waals surface area contributed by atoms with Gasteiger partial charge in [0, 0.05) is 32.2 Å². The van der Waals surface area contributed by atoms with Crippen molar-refractivity contribution in [3.63, 3.8) is 0 Å². The van der Waals surface area contributed by atoms with E-state index >= 15 is 0 Å². The first-order valence-electron chi connectivity index (χ1n) is 9.72. The summed E-state index contributed by atoms with van der Waals surface area (Å²) >= 11 is 0. The molecule has 1 saturated heterocycles. The van der Waals surface area contributed by atoms with Crippen molar-refractivity contribution in [1.82, 2.24) is 14.9 Å². The summed E-state index contributed by atoms with van der Waals surface area (Å²) in [6.07, 6.45) is 1.36. The van der Waals surface area contributed by atoms with E-state index in [9.17, 15) is 21.6 Å². The fourth-order valence-electron chi connectivity index (χ4n) is 3.31. The second-order valence-corrected chi connectivity index (χ2v) is 9.14. The van der Waals surface area contributed by atoms with E-state index in [2.05, 4.69) is 40.7 Å². The summed E-state index contributed by atoms with van der Waals surface area (Å²) in [6, 6.07) is 6.16. The maximum absolute atomic E-state index is 12.7. The molecule has 164 valence electrons. The van der Waals surface area contributed by atoms with E-state index in [4.69, 9.17) is 0 Å². The molecule has 6 nitrogen and oxygen atoms in total. The zero-order valence-corrected chi connectivity index (χ0v) is 17.8. The van der Waals surface area contributed by atoms with E-state index in [1.807, 2.05) is 13.8 Å². The SMILES string of the molecule is CCNC(=NCCc1ccc(C)cc1C)NC1CCN(S(=O)(=O)C(F)(F)F)CC1. The van der Waals surface area contributed by atoms with Gasteiger partial charge >= 0.3 is 15.5 Å². The van der Waals surface area contributed by atoms with Crippen LogP contribution < -0.4 is 10.6 Å². The Hall–Kier alpha value is -1.81. The third kappa shape index (κ3) is 6.33. The Morgan fingerprint density at radius 3 is 2.45 bits per heavy atom. The summed E-state index contributed by atoms with van der Waals surface area (Å²) in [7, 11) is -5.25. The van der Waals surface area contributed by atoms with Gasteiger partial charge in [0.05, 0.1) is 0 Å². The van der Waals surface area contributed by atoms with Crippen LogP contribution in [0.1, 0.15) is 36.5 Å². The molecule has 0 aromatic heterocycles. The van der Waals surface area contributed by atoms with Gasteiger partial charge in [0.15, 0.2) is 5.96 Å². The number of sulfonamides is 1. The van der Waals surface area contributed by atoms with Gasteiger partial charge in [0.25, 0.3) is 0 Å². The van der Waals surface area contributed by atoms with Crippen molar-refractivity contribution in [3.05, 3.63) is 34.9 Å². The minimum Gasteiger partial charge on any atom is -0.357 e. The molecule has 0 bridgehead atoms. The average molecular weight is 435 g/mol. The number of piperidine rings is 1. The molecule has 1 aliphatic heterocycles. The summed E-state index contributed by atoms with van der Waals surface area (Å²) in [5.74, 6) is 0.592. The summed E-state index contributed by atoms with van der Waals surface area (Å²) in [5, 5.41) is 6.35. The van der Waals surface area contributed by atoms with E-state index in [1.165, 1.54) is 16.7 Å². The zero-order valence-electron chi connectivity index (χ0n) is 17.0. The predicted octanol–water partition coefficient (Wildman–Crippen LogP) is 2.72. The third-order valence-corrected chi connectivity index (χ3v) is 6.55. The number of aryl methyl sites for hydroxylation is 2. The fourth-order valence-corrected chi connectivity index (χ4v) is 4.30. The largest absolute Gasteiger partial charge is 0.511 e. The molecular weight excluding hydrogens is 405 g/mol. The first-order chi connectivity index (χ1) is 13.5. The number of nitrogens with zero attached hydrogens (tertiary/aromatic N) is 2. The Labute approximate surface area is 170 Å². The number of benzene rings is 1. The molecule has 29 heavy (non-hydrogen) atoms. The summed E-state index contributed by atoms with van der Waals surface area (Å²) in [4.78, 5) is 4.56. The molecule has 0 amide bonds. The fraction of sp³-hybridized carbons (Fsp3) is 0.632. The maximum atomic E-state index is 12.7. The molecule has 1 fully saturated rings. The number of aliphatic imine (C=N–C) groups is 1. The first-order valence-corrected chi connectivity index (χ1v) is 11.2. The molecule has 0 atom stereocenters. The van der Waals surface area contributed by atoms with Crippen LogP contribution in [-0.2, 0) is 16.4 Å². The van der Waals surface area contributed by atoms with Crippen LogP contribution in [-0.4, -0.2) is 56.4 Å². The highest BCUT2D eigenvalue weighted by atomic mass is 32.2. The second-order valence-electron chi connectivity index (χ2n) is 7.21. The number of nitrogens with one attached hydrogen (secondary N) is 2. The van der Waals surface area contributed by atoms with Crippen molar-refractivity contribution >= 4 is 16.0 Å². The van der Waals surface area contributed by atoms with Gasteiger partial charge in [-0.3, -0.25) is 4.99 Å². The van der Waals surface area contributed by atoms with E-state index in [0.717, 1.165) is 6.42 Å². The average Bonchev–Trinajstić information content (AvgIpc) is 2.63. The summed E-state index contributed by atoms with van der Waals surface area (Å²) in [5.41, 5.74) is -1.60. The standard InChI is InChI=1S/C19H29F3N4O2S/c1-4-23-18(24-10-7-16-6-5-14(2)13-15(16)3)25-17-8-11-26(12-9-17)29(27,28)19(20,21)22/h5-6,13,17H,4,7-12H2,1-3H3,(H2,23,24,25). The van der Waals surface area contributed by atoms with Crippen LogP contribution in [0.15, 0.2) is 23.2 Å². The van der Waals surface area contributed by atoms with Crippen molar-refractivity contribution in [2.24, 2.45) is 4.99 Å². The summed E-state index contributed by atoms with van der Waals surface area (Å²) in [6.45, 7) is 6.94. The van der Waals surface area contributed by atoms with Crippen LogP contribution in [0.3, 0.4) is 0 Å². The molecule has 10 heteroatoms. The minimum absolute atomic E-state index is 0.131. The number of guanidine groups is 1. The van der Waals surface area contributed by atoms with Crippen molar-refractivity contribution in [2.75, 3.05) is 26.2 Å². The normalized spacial score (nSPS) is 17.4. The van der Waals surface area contributed by atoms with Crippen molar-refractivity contribution in [2.45, 2.75) is 51.6 Å². The highest BCUT2D eigenvalue weighted by Crippen LogP contribution is 2.28. The predicted molar refractivity (Wildman–Crippen MR) is 108 cm³/mol. The van der Waals surface area contributed by atoms with Gasteiger partial charge in [-0.05, 0) is 51.2 Å². The Morgan fingerprint density at radius 2 is 1.90 bits per heavy atom. The van der Waals surface area contributed by atoms with Crippen LogP contribution in [0.25, 0.3) is 0 Å². The van der Waals surface area contributed by atoms with Crippen molar-refractivity contribution < 1.29 is 21.6 Å². The molecule has 2 N–H and O–H groups in total. The smallest absolute Gasteiger partial charge is 0.357 e. The Morgan fingerprint density at radius 1 is 1.24 bits per heavy atom. The quantitative estimate of drug-likeness (QED) is 0.533. The molecule has 0 spiro atoms. The molecule has 0 radical (unpaired) electrons. The Bertz CT molecular complexity index is 817. The number of hydrogen-bond acceptors (Lipinski definition) is 3. The molecule has 0 unspecified atom stereocenters. The van der Waals surface area contributed by atoms with Crippen LogP contribution in [0, 0.1) is 13.8 Å². The topological polar surface area (TPSA) is 73.8 Å². The van der Waals surface area contributed by atoms with Crippen LogP contribution >= 0.6 is 0 Å². The number of hydrogen-bond donors (Lipinski definition) is 2. The highest BCUT2D eigenvalue weighted by molar-refractivity contribution is 7.90. The monoisotopic (exact) mass is 434 g/mol. The third-order valence-electron chi connectivity index (χ3n) is 4.92. The lowest BCUT2D eigenvalue weighted by atomic mass is 10.0. The van der Waals surface area contributed by atoms with Gasteiger partial charge in [-0.15, -0.1) is 0 Å². The molecule has 1 aromatic rings. The maximum Gasteiger partial charge on any atom is 0.511 e. The summed E-state index contributed by atoms with van der Waals surface area (Å²) < 4.78 is 61.6. The first kappa shape index (κ1) is 23.5. The van der Waals surface area contributed by atoms with Gasteiger partial charge in [-0.1, -0.05) is 23.8 Å². The van der Waals surface area contributed by atoms with Gasteiger partial charge in [-0.2, -0.15) is 17.5 Å². The zero-order chi connectivity index (χ0) is 21.7. The van der Waals surface area contributed by atoms with Crippen molar-refractivity contribution in [3.8, 4) is 0 Å². The number of halogens is 3. The van der Waals surface area contributed by atoms with Gasteiger partial charge in [0.2, 0.25) is 0 Å². The molecule has 1 heterocycles. The van der Waals surface area contributed by atoms with E-state index in [0.29, 0.717) is 23.4 Å². The molecule has 1 aliphatic rings. The molecule has 0 aliphatic carbocycles. The van der Waals surface area contributed by atoms with Crippen molar-refractivity contribution in [1.29, 1.82) is 0 Å². The molecular formula is C19H29F3N4O2S. The number of rotatable bonds is 6. The molecule has 1 aromatic carbocycles. The van der Waals surface area contributed by atoms with E-state index < -0.39 is 15.5 Å². The Balaban J connectivity index is 1.91. The lowest BCUT2D eigenvalue weighted by molar-refractivity contribution is -0.0494. The lowest BCUT2D eigenvalue weighted by Crippen LogP contribution is -2.51. The second kappa shape index (κ2) is 9.80. The Kier molecular flexibility index (Phi) is 7.93. The highest BCUT2D eigenvalue weighted by Gasteiger charge is 2.50. The molecule has 0 saturated carbocycles. The van der Waals surface area contributed by atoms with Crippen LogP contribution in [0.4, 0.5) is 13.2 Å². The van der Waals surface area contributed by atoms with Gasteiger partial charge in [-0.25, -0.2) is 8.42 Å². The lowest BCUT2D eigenvalue weighted by Gasteiger charge is -2.32.